The summed E-state index contributed by atoms with van der Waals surface area (Å²) in [6.45, 7) is 6.31. The summed E-state index contributed by atoms with van der Waals surface area (Å²) in [5.74, 6) is -0.916. The molecule has 1 rings (SSSR count). The molecule has 118 valence electrons. The van der Waals surface area contributed by atoms with Crippen LogP contribution >= 0.6 is 0 Å². The van der Waals surface area contributed by atoms with Crippen LogP contribution in [0.3, 0.4) is 0 Å². The molecular formula is C14H21NO5S. The Balaban J connectivity index is 3.28. The first-order valence-corrected chi connectivity index (χ1v) is 8.09. The molecule has 1 aromatic carbocycles. The first kappa shape index (κ1) is 17.5. The van der Waals surface area contributed by atoms with E-state index >= 15 is 0 Å². The van der Waals surface area contributed by atoms with Gasteiger partial charge in [0.05, 0.1) is 12.0 Å². The number of carbonyl (C=O) groups is 1. The van der Waals surface area contributed by atoms with Crippen molar-refractivity contribution in [1.29, 1.82) is 0 Å². The van der Waals surface area contributed by atoms with E-state index in [-0.39, 0.29) is 22.1 Å². The van der Waals surface area contributed by atoms with E-state index < -0.39 is 16.0 Å². The van der Waals surface area contributed by atoms with E-state index in [0.29, 0.717) is 13.1 Å². The molecule has 0 aliphatic rings. The number of benzene rings is 1. The Morgan fingerprint density at radius 2 is 2.00 bits per heavy atom. The van der Waals surface area contributed by atoms with Crippen LogP contribution in [0.4, 0.5) is 0 Å². The highest BCUT2D eigenvalue weighted by Gasteiger charge is 2.25. The number of sulfonamides is 1. The van der Waals surface area contributed by atoms with E-state index in [1.165, 1.54) is 23.5 Å². The molecule has 0 aromatic heterocycles. The summed E-state index contributed by atoms with van der Waals surface area (Å²) in [4.78, 5) is 11.5. The molecule has 0 saturated heterocycles. The fraction of sp³-hybridized carbons (Fsp3) is 0.500. The summed E-state index contributed by atoms with van der Waals surface area (Å²) >= 11 is 0. The van der Waals surface area contributed by atoms with Crippen molar-refractivity contribution in [1.82, 2.24) is 4.31 Å². The maximum Gasteiger partial charge on any atom is 0.341 e. The van der Waals surface area contributed by atoms with Crippen LogP contribution in [0.15, 0.2) is 23.1 Å². The number of hydrogen-bond acceptors (Lipinski definition) is 5. The molecule has 6 nitrogen and oxygen atoms in total. The Kier molecular flexibility index (Phi) is 5.74. The van der Waals surface area contributed by atoms with Crippen LogP contribution < -0.4 is 0 Å². The maximum absolute atomic E-state index is 12.6. The number of esters is 1. The van der Waals surface area contributed by atoms with Crippen molar-refractivity contribution in [2.45, 2.75) is 25.7 Å². The van der Waals surface area contributed by atoms with E-state index in [9.17, 15) is 18.3 Å². The molecule has 0 atom stereocenters. The van der Waals surface area contributed by atoms with Gasteiger partial charge in [0.1, 0.15) is 11.3 Å². The van der Waals surface area contributed by atoms with Crippen LogP contribution in [-0.4, -0.2) is 44.0 Å². The zero-order chi connectivity index (χ0) is 16.2. The van der Waals surface area contributed by atoms with Crippen LogP contribution in [-0.2, 0) is 14.8 Å². The molecule has 0 unspecified atom stereocenters. The van der Waals surface area contributed by atoms with Crippen molar-refractivity contribution >= 4 is 16.0 Å². The van der Waals surface area contributed by atoms with Crippen molar-refractivity contribution in [3.05, 3.63) is 23.8 Å². The van der Waals surface area contributed by atoms with Gasteiger partial charge in [-0.05, 0) is 24.1 Å². The second-order valence-corrected chi connectivity index (χ2v) is 6.96. The largest absolute Gasteiger partial charge is 0.507 e. The van der Waals surface area contributed by atoms with Crippen molar-refractivity contribution in [2.75, 3.05) is 20.2 Å². The van der Waals surface area contributed by atoms with Crippen LogP contribution in [0.2, 0.25) is 0 Å². The van der Waals surface area contributed by atoms with E-state index in [0.717, 1.165) is 6.07 Å². The number of phenols is 1. The van der Waals surface area contributed by atoms with Crippen LogP contribution in [0.1, 0.15) is 31.1 Å². The van der Waals surface area contributed by atoms with Crippen LogP contribution in [0.5, 0.6) is 5.75 Å². The topological polar surface area (TPSA) is 83.9 Å². The number of nitrogens with zero attached hydrogens (tertiary/aromatic N) is 1. The molecule has 0 saturated carbocycles. The predicted molar refractivity (Wildman–Crippen MR) is 78.7 cm³/mol. The predicted octanol–water partition coefficient (Wildman–Crippen LogP) is 1.85. The van der Waals surface area contributed by atoms with Gasteiger partial charge < -0.3 is 9.84 Å². The molecule has 0 aliphatic carbocycles. The minimum atomic E-state index is -3.71. The highest BCUT2D eigenvalue weighted by Crippen LogP contribution is 2.24. The Hall–Kier alpha value is -1.60. The second-order valence-electron chi connectivity index (χ2n) is 5.02. The van der Waals surface area contributed by atoms with Gasteiger partial charge in [0, 0.05) is 13.1 Å². The molecule has 1 aromatic rings. The smallest absolute Gasteiger partial charge is 0.341 e. The number of carbonyl (C=O) groups excluding carboxylic acids is 1. The normalized spacial score (nSPS) is 11.9. The number of rotatable bonds is 6. The molecule has 0 bridgehead atoms. The maximum atomic E-state index is 12.6. The number of aromatic hydroxyl groups is 1. The highest BCUT2D eigenvalue weighted by molar-refractivity contribution is 7.89. The zero-order valence-corrected chi connectivity index (χ0v) is 13.5. The van der Waals surface area contributed by atoms with Crippen LogP contribution in [0, 0.1) is 5.92 Å². The first-order valence-electron chi connectivity index (χ1n) is 6.65. The fourth-order valence-electron chi connectivity index (χ4n) is 1.90. The van der Waals surface area contributed by atoms with Gasteiger partial charge in [0.2, 0.25) is 10.0 Å². The van der Waals surface area contributed by atoms with Crippen molar-refractivity contribution in [3.8, 4) is 5.75 Å². The van der Waals surface area contributed by atoms with Gasteiger partial charge in [0.15, 0.2) is 0 Å². The monoisotopic (exact) mass is 315 g/mol. The van der Waals surface area contributed by atoms with Crippen molar-refractivity contribution in [3.63, 3.8) is 0 Å². The average Bonchev–Trinajstić information content (AvgIpc) is 2.43. The number of methoxy groups -OCH3 is 1. The minimum absolute atomic E-state index is 0.0387. The summed E-state index contributed by atoms with van der Waals surface area (Å²) in [5.41, 5.74) is -0.167. The molecule has 0 spiro atoms. The number of ether oxygens (including phenoxy) is 1. The molecule has 0 amide bonds. The molecule has 0 heterocycles. The summed E-state index contributed by atoms with van der Waals surface area (Å²) < 4.78 is 31.0. The molecular weight excluding hydrogens is 294 g/mol. The Labute approximate surface area is 125 Å². The van der Waals surface area contributed by atoms with E-state index in [4.69, 9.17) is 0 Å². The highest BCUT2D eigenvalue weighted by atomic mass is 32.2. The fourth-order valence-corrected chi connectivity index (χ4v) is 3.54. The second kappa shape index (κ2) is 6.91. The third-order valence-corrected chi connectivity index (χ3v) is 4.87. The van der Waals surface area contributed by atoms with Gasteiger partial charge >= 0.3 is 5.97 Å². The summed E-state index contributed by atoms with van der Waals surface area (Å²) in [7, 11) is -2.55. The van der Waals surface area contributed by atoms with E-state index in [2.05, 4.69) is 4.74 Å². The molecule has 7 heteroatoms. The standard InChI is InChI=1S/C14H21NO5S/c1-5-15(9-10(2)3)21(18,19)11-6-7-13(16)12(8-11)14(17)20-4/h6-8,10,16H,5,9H2,1-4H3. The minimum Gasteiger partial charge on any atom is -0.507 e. The van der Waals surface area contributed by atoms with E-state index in [1.54, 1.807) is 6.92 Å². The number of hydrogen-bond donors (Lipinski definition) is 1. The Bertz CT molecular complexity index is 610. The summed E-state index contributed by atoms with van der Waals surface area (Å²) in [6.07, 6.45) is 0. The van der Waals surface area contributed by atoms with Gasteiger partial charge in [-0.3, -0.25) is 0 Å². The molecule has 21 heavy (non-hydrogen) atoms. The number of phenolic OH excluding ortho intramolecular Hbond substituents is 1. The van der Waals surface area contributed by atoms with Gasteiger partial charge in [0.25, 0.3) is 0 Å². The van der Waals surface area contributed by atoms with Gasteiger partial charge in [-0.1, -0.05) is 20.8 Å². The lowest BCUT2D eigenvalue weighted by atomic mass is 10.2. The third-order valence-electron chi connectivity index (χ3n) is 2.93. The lowest BCUT2D eigenvalue weighted by Gasteiger charge is -2.22. The first-order chi connectivity index (χ1) is 9.73. The Morgan fingerprint density at radius 3 is 2.48 bits per heavy atom. The average molecular weight is 315 g/mol. The SMILES string of the molecule is CCN(CC(C)C)S(=O)(=O)c1ccc(O)c(C(=O)OC)c1. The molecule has 0 fully saturated rings. The lowest BCUT2D eigenvalue weighted by Crippen LogP contribution is -2.34. The third kappa shape index (κ3) is 3.95. The zero-order valence-electron chi connectivity index (χ0n) is 12.7. The van der Waals surface area contributed by atoms with Crippen molar-refractivity contribution in [2.24, 2.45) is 5.92 Å². The summed E-state index contributed by atoms with van der Waals surface area (Å²) in [5, 5.41) is 9.63. The summed E-state index contributed by atoms with van der Waals surface area (Å²) in [6, 6.07) is 3.60. The van der Waals surface area contributed by atoms with Gasteiger partial charge in [-0.15, -0.1) is 0 Å². The van der Waals surface area contributed by atoms with Gasteiger partial charge in [-0.2, -0.15) is 4.31 Å². The van der Waals surface area contributed by atoms with Crippen molar-refractivity contribution < 1.29 is 23.1 Å². The lowest BCUT2D eigenvalue weighted by molar-refractivity contribution is 0.0597. The van der Waals surface area contributed by atoms with Gasteiger partial charge in [-0.25, -0.2) is 13.2 Å². The molecule has 0 aliphatic heterocycles. The van der Waals surface area contributed by atoms with Crippen LogP contribution in [0.25, 0.3) is 0 Å². The van der Waals surface area contributed by atoms with E-state index in [1.807, 2.05) is 13.8 Å². The quantitative estimate of drug-likeness (QED) is 0.810. The molecule has 1 N–H and O–H groups in total. The molecule has 0 radical (unpaired) electrons. The Morgan fingerprint density at radius 1 is 1.38 bits per heavy atom.